The second-order valence-corrected chi connectivity index (χ2v) is 5.03. The Bertz CT molecular complexity index is 976. The van der Waals surface area contributed by atoms with E-state index in [9.17, 15) is 9.59 Å². The Balaban J connectivity index is 1.61. The molecule has 0 radical (unpaired) electrons. The quantitative estimate of drug-likeness (QED) is 0.736. The second-order valence-electron chi connectivity index (χ2n) is 5.03. The first-order valence-electron chi connectivity index (χ1n) is 6.94. The van der Waals surface area contributed by atoms with E-state index in [0.717, 1.165) is 5.39 Å². The first kappa shape index (κ1) is 13.4. The monoisotopic (exact) mass is 309 g/mol. The minimum absolute atomic E-state index is 0.163. The van der Waals surface area contributed by atoms with Crippen LogP contribution in [0.3, 0.4) is 0 Å². The third-order valence-corrected chi connectivity index (χ3v) is 3.51. The van der Waals surface area contributed by atoms with Crippen LogP contribution in [0.1, 0.15) is 10.4 Å². The average molecular weight is 309 g/mol. The molecule has 0 saturated carbocycles. The van der Waals surface area contributed by atoms with Gasteiger partial charge in [-0.25, -0.2) is 4.79 Å². The van der Waals surface area contributed by atoms with Crippen molar-refractivity contribution >= 4 is 22.6 Å². The van der Waals surface area contributed by atoms with E-state index >= 15 is 0 Å². The largest absolute Gasteiger partial charge is 0.454 e. The molecule has 1 aromatic heterocycles. The SMILES string of the molecule is O=C(Nc1ccc2oc(=O)ccc2c1)c1ccc2c(c1)OCO2. The summed E-state index contributed by atoms with van der Waals surface area (Å²) in [6, 6.07) is 13.1. The molecule has 0 spiro atoms. The van der Waals surface area contributed by atoms with E-state index in [0.29, 0.717) is 28.3 Å². The standard InChI is InChI=1S/C17H11NO5/c19-16-6-2-10-7-12(3-5-13(10)23-16)18-17(20)11-1-4-14-15(8-11)22-9-21-14/h1-8H,9H2,(H,18,20). The normalized spacial score (nSPS) is 12.3. The molecule has 0 saturated heterocycles. The minimum atomic E-state index is -0.408. The lowest BCUT2D eigenvalue weighted by Gasteiger charge is -2.07. The van der Waals surface area contributed by atoms with Crippen molar-refractivity contribution in [2.45, 2.75) is 0 Å². The second kappa shape index (κ2) is 5.17. The third-order valence-electron chi connectivity index (χ3n) is 3.51. The number of carbonyl (C=O) groups excluding carboxylic acids is 1. The smallest absolute Gasteiger partial charge is 0.336 e. The average Bonchev–Trinajstić information content (AvgIpc) is 3.02. The van der Waals surface area contributed by atoms with Crippen LogP contribution in [0, 0.1) is 0 Å². The van der Waals surface area contributed by atoms with Crippen LogP contribution in [-0.2, 0) is 0 Å². The van der Waals surface area contributed by atoms with Crippen molar-refractivity contribution in [2.75, 3.05) is 12.1 Å². The van der Waals surface area contributed by atoms with Crippen LogP contribution in [-0.4, -0.2) is 12.7 Å². The molecule has 114 valence electrons. The summed E-state index contributed by atoms with van der Waals surface area (Å²) in [4.78, 5) is 23.5. The van der Waals surface area contributed by atoms with E-state index in [1.54, 1.807) is 42.5 Å². The van der Waals surface area contributed by atoms with Gasteiger partial charge in [-0.3, -0.25) is 4.79 Å². The van der Waals surface area contributed by atoms with E-state index in [2.05, 4.69) is 5.32 Å². The minimum Gasteiger partial charge on any atom is -0.454 e. The number of anilines is 1. The molecular formula is C17H11NO5. The summed E-state index contributed by atoms with van der Waals surface area (Å²) in [6.45, 7) is 0.163. The molecule has 0 unspecified atom stereocenters. The molecule has 6 nitrogen and oxygen atoms in total. The van der Waals surface area contributed by atoms with Crippen LogP contribution in [0.4, 0.5) is 5.69 Å². The van der Waals surface area contributed by atoms with Crippen molar-refractivity contribution < 1.29 is 18.7 Å². The van der Waals surface area contributed by atoms with Gasteiger partial charge in [0, 0.05) is 22.7 Å². The Morgan fingerprint density at radius 1 is 0.957 bits per heavy atom. The van der Waals surface area contributed by atoms with E-state index in [4.69, 9.17) is 13.9 Å². The summed E-state index contributed by atoms with van der Waals surface area (Å²) >= 11 is 0. The van der Waals surface area contributed by atoms with Gasteiger partial charge >= 0.3 is 5.63 Å². The number of nitrogens with one attached hydrogen (secondary N) is 1. The van der Waals surface area contributed by atoms with Crippen molar-refractivity contribution in [1.82, 2.24) is 0 Å². The van der Waals surface area contributed by atoms with Gasteiger partial charge in [-0.2, -0.15) is 0 Å². The van der Waals surface area contributed by atoms with Gasteiger partial charge in [0.1, 0.15) is 5.58 Å². The van der Waals surface area contributed by atoms with Crippen LogP contribution in [0.2, 0.25) is 0 Å². The van der Waals surface area contributed by atoms with Gasteiger partial charge in [-0.15, -0.1) is 0 Å². The number of hydrogen-bond acceptors (Lipinski definition) is 5. The van der Waals surface area contributed by atoms with Gasteiger partial charge in [0.05, 0.1) is 0 Å². The fourth-order valence-corrected chi connectivity index (χ4v) is 2.39. The Hall–Kier alpha value is -3.28. The molecule has 1 aliphatic rings. The Labute approximate surface area is 130 Å². The maximum Gasteiger partial charge on any atom is 0.336 e. The van der Waals surface area contributed by atoms with Gasteiger partial charge < -0.3 is 19.2 Å². The predicted molar refractivity (Wildman–Crippen MR) is 83.0 cm³/mol. The Morgan fingerprint density at radius 3 is 2.74 bits per heavy atom. The van der Waals surface area contributed by atoms with Crippen LogP contribution in [0.5, 0.6) is 11.5 Å². The van der Waals surface area contributed by atoms with Crippen molar-refractivity contribution in [3.05, 3.63) is 64.5 Å². The zero-order chi connectivity index (χ0) is 15.8. The highest BCUT2D eigenvalue weighted by atomic mass is 16.7. The molecular weight excluding hydrogens is 298 g/mol. The van der Waals surface area contributed by atoms with Crippen molar-refractivity contribution in [1.29, 1.82) is 0 Å². The number of ether oxygens (including phenoxy) is 2. The Morgan fingerprint density at radius 2 is 1.83 bits per heavy atom. The topological polar surface area (TPSA) is 77.8 Å². The number of amides is 1. The highest BCUT2D eigenvalue weighted by Crippen LogP contribution is 2.32. The molecule has 1 amide bonds. The third kappa shape index (κ3) is 2.50. The molecule has 0 aliphatic carbocycles. The fourth-order valence-electron chi connectivity index (χ4n) is 2.39. The van der Waals surface area contributed by atoms with Crippen molar-refractivity contribution in [2.24, 2.45) is 0 Å². The predicted octanol–water partition coefficient (Wildman–Crippen LogP) is 2.77. The summed E-state index contributed by atoms with van der Waals surface area (Å²) in [6.07, 6.45) is 0. The molecule has 2 heterocycles. The summed E-state index contributed by atoms with van der Waals surface area (Å²) in [7, 11) is 0. The van der Waals surface area contributed by atoms with E-state index in [1.165, 1.54) is 6.07 Å². The molecule has 1 N–H and O–H groups in total. The van der Waals surface area contributed by atoms with Gasteiger partial charge in [0.25, 0.3) is 5.91 Å². The maximum absolute atomic E-state index is 12.3. The van der Waals surface area contributed by atoms with Gasteiger partial charge in [-0.05, 0) is 42.5 Å². The molecule has 0 fully saturated rings. The molecule has 0 bridgehead atoms. The highest BCUT2D eigenvalue weighted by molar-refractivity contribution is 6.05. The Kier molecular flexibility index (Phi) is 3.01. The number of hydrogen-bond donors (Lipinski definition) is 1. The van der Waals surface area contributed by atoms with Crippen LogP contribution < -0.4 is 20.4 Å². The molecule has 6 heteroatoms. The number of carbonyl (C=O) groups is 1. The van der Waals surface area contributed by atoms with E-state index in [-0.39, 0.29) is 12.7 Å². The lowest BCUT2D eigenvalue weighted by molar-refractivity contribution is 0.102. The highest BCUT2D eigenvalue weighted by Gasteiger charge is 2.16. The molecule has 3 aromatic rings. The number of benzene rings is 2. The summed E-state index contributed by atoms with van der Waals surface area (Å²) < 4.78 is 15.5. The zero-order valence-corrected chi connectivity index (χ0v) is 11.9. The van der Waals surface area contributed by atoms with Gasteiger partial charge in [-0.1, -0.05) is 0 Å². The van der Waals surface area contributed by atoms with E-state index < -0.39 is 5.63 Å². The summed E-state index contributed by atoms with van der Waals surface area (Å²) in [5.41, 5.74) is 1.14. The van der Waals surface area contributed by atoms with Crippen LogP contribution >= 0.6 is 0 Å². The van der Waals surface area contributed by atoms with Crippen molar-refractivity contribution in [3.8, 4) is 11.5 Å². The van der Waals surface area contributed by atoms with Crippen LogP contribution in [0.25, 0.3) is 11.0 Å². The van der Waals surface area contributed by atoms with Crippen LogP contribution in [0.15, 0.2) is 57.7 Å². The molecule has 23 heavy (non-hydrogen) atoms. The maximum atomic E-state index is 12.3. The summed E-state index contributed by atoms with van der Waals surface area (Å²) in [5.74, 6) is 0.917. The summed E-state index contributed by atoms with van der Waals surface area (Å²) in [5, 5.41) is 3.53. The number of rotatable bonds is 2. The molecule has 4 rings (SSSR count). The van der Waals surface area contributed by atoms with Gasteiger partial charge in [0.15, 0.2) is 11.5 Å². The molecule has 1 aliphatic heterocycles. The van der Waals surface area contributed by atoms with E-state index in [1.807, 2.05) is 0 Å². The molecule has 2 aromatic carbocycles. The van der Waals surface area contributed by atoms with Gasteiger partial charge in [0.2, 0.25) is 6.79 Å². The first-order chi connectivity index (χ1) is 11.2. The van der Waals surface area contributed by atoms with Crippen molar-refractivity contribution in [3.63, 3.8) is 0 Å². The fraction of sp³-hybridized carbons (Fsp3) is 0.0588. The lowest BCUT2D eigenvalue weighted by Crippen LogP contribution is -2.11. The number of fused-ring (bicyclic) bond motifs is 2. The lowest BCUT2D eigenvalue weighted by atomic mass is 10.1. The first-order valence-corrected chi connectivity index (χ1v) is 6.94. The molecule has 0 atom stereocenters. The zero-order valence-electron chi connectivity index (χ0n) is 11.9.